The molecule has 1 atom stereocenters. The molecule has 1 aliphatic rings. The number of carbonyl (C=O) groups excluding carboxylic acids is 1. The van der Waals surface area contributed by atoms with Gasteiger partial charge in [-0.25, -0.2) is 24.3 Å². The van der Waals surface area contributed by atoms with Gasteiger partial charge in [-0.05, 0) is 30.7 Å². The van der Waals surface area contributed by atoms with Gasteiger partial charge in [-0.1, -0.05) is 17.3 Å². The molecule has 11 nitrogen and oxygen atoms in total. The molecule has 0 aliphatic carbocycles. The highest BCUT2D eigenvalue weighted by Crippen LogP contribution is 2.34. The van der Waals surface area contributed by atoms with Crippen molar-refractivity contribution in [1.29, 1.82) is 0 Å². The standard InChI is InChI=1S/C27H27FN8O3S/c1-15-25-22(34-27(29)31-15)10-21(18-8-7-16(28)9-19(18)20-5-4-6-23(32-20)38-3)33-26(25)35-39-12-24(37)36(2)11-17-13-40-14-30-17/h4-9,13-14,21H,10-12H2,1-3H3,(H,33,35)(H2,29,31,34). The van der Waals surface area contributed by atoms with E-state index in [1.54, 1.807) is 43.7 Å². The van der Waals surface area contributed by atoms with Crippen LogP contribution in [0.3, 0.4) is 0 Å². The first-order chi connectivity index (χ1) is 19.3. The van der Waals surface area contributed by atoms with E-state index in [0.29, 0.717) is 52.9 Å². The second-order valence-corrected chi connectivity index (χ2v) is 9.85. The summed E-state index contributed by atoms with van der Waals surface area (Å²) in [5.41, 5.74) is 12.3. The van der Waals surface area contributed by atoms with Crippen molar-refractivity contribution in [1.82, 2.24) is 30.2 Å². The van der Waals surface area contributed by atoms with E-state index in [9.17, 15) is 9.18 Å². The summed E-state index contributed by atoms with van der Waals surface area (Å²) in [6.45, 7) is 1.88. The minimum absolute atomic E-state index is 0.129. The molecule has 0 saturated carbocycles. The summed E-state index contributed by atoms with van der Waals surface area (Å²) in [4.78, 5) is 37.1. The predicted molar refractivity (Wildman–Crippen MR) is 148 cm³/mol. The fourth-order valence-corrected chi connectivity index (χ4v) is 5.04. The molecular weight excluding hydrogens is 535 g/mol. The summed E-state index contributed by atoms with van der Waals surface area (Å²) >= 11 is 1.46. The van der Waals surface area contributed by atoms with Gasteiger partial charge in [0.05, 0.1) is 53.5 Å². The lowest BCUT2D eigenvalue weighted by atomic mass is 9.90. The number of hydrogen-bond acceptors (Lipinski definition) is 10. The maximum atomic E-state index is 14.4. The van der Waals surface area contributed by atoms with E-state index in [1.807, 2.05) is 5.38 Å². The van der Waals surface area contributed by atoms with Crippen molar-refractivity contribution in [2.24, 2.45) is 5.16 Å². The molecule has 1 amide bonds. The number of thiazole rings is 1. The van der Waals surface area contributed by atoms with Crippen molar-refractivity contribution in [2.75, 3.05) is 26.5 Å². The van der Waals surface area contributed by atoms with E-state index in [1.165, 1.54) is 35.5 Å². The van der Waals surface area contributed by atoms with Crippen molar-refractivity contribution < 1.29 is 18.8 Å². The van der Waals surface area contributed by atoms with E-state index in [0.717, 1.165) is 11.3 Å². The second kappa shape index (κ2) is 11.6. The molecule has 1 unspecified atom stereocenters. The number of amidine groups is 1. The van der Waals surface area contributed by atoms with Crippen molar-refractivity contribution in [3.05, 3.63) is 81.3 Å². The Morgan fingerprint density at radius 1 is 1.27 bits per heavy atom. The van der Waals surface area contributed by atoms with Gasteiger partial charge in [0, 0.05) is 30.5 Å². The first-order valence-corrected chi connectivity index (χ1v) is 13.3. The maximum absolute atomic E-state index is 14.4. The minimum atomic E-state index is -0.403. The summed E-state index contributed by atoms with van der Waals surface area (Å²) in [7, 11) is 3.20. The zero-order valence-electron chi connectivity index (χ0n) is 22.1. The highest BCUT2D eigenvalue weighted by atomic mass is 32.1. The molecule has 4 heterocycles. The number of pyridine rings is 1. The monoisotopic (exact) mass is 562 g/mol. The number of rotatable bonds is 8. The molecule has 3 aromatic heterocycles. The van der Waals surface area contributed by atoms with E-state index in [4.69, 9.17) is 15.3 Å². The molecule has 5 rings (SSSR count). The zero-order chi connectivity index (χ0) is 28.2. The maximum Gasteiger partial charge on any atom is 0.263 e. The van der Waals surface area contributed by atoms with Crippen LogP contribution < -0.4 is 15.8 Å². The third-order valence-corrected chi connectivity index (χ3v) is 7.01. The largest absolute Gasteiger partial charge is 0.481 e. The van der Waals surface area contributed by atoms with E-state index in [-0.39, 0.29) is 18.5 Å². The molecule has 1 aliphatic heterocycles. The topological polar surface area (TPSA) is 141 Å². The SMILES string of the molecule is COc1cccc(-c2cc(F)ccc2C2Cc3nc(N)nc(C)c3/C(=N/OCC(=O)N(C)Cc3cscn3)N2)n1. The number of methoxy groups -OCH3 is 1. The molecule has 1 aromatic carbocycles. The van der Waals surface area contributed by atoms with Gasteiger partial charge in [0.1, 0.15) is 5.82 Å². The molecule has 40 heavy (non-hydrogen) atoms. The van der Waals surface area contributed by atoms with E-state index in [2.05, 4.69) is 30.4 Å². The van der Waals surface area contributed by atoms with Crippen molar-refractivity contribution in [2.45, 2.75) is 25.9 Å². The summed E-state index contributed by atoms with van der Waals surface area (Å²) in [6, 6.07) is 9.42. The molecule has 0 fully saturated rings. The number of hydrogen-bond donors (Lipinski definition) is 2. The van der Waals surface area contributed by atoms with Crippen molar-refractivity contribution in [3.63, 3.8) is 0 Å². The molecule has 0 bridgehead atoms. The van der Waals surface area contributed by atoms with Crippen molar-refractivity contribution >= 4 is 29.0 Å². The summed E-state index contributed by atoms with van der Waals surface area (Å²) in [5.74, 6) is 0.211. The molecule has 4 aromatic rings. The minimum Gasteiger partial charge on any atom is -0.481 e. The smallest absolute Gasteiger partial charge is 0.263 e. The lowest BCUT2D eigenvalue weighted by molar-refractivity contribution is -0.135. The highest BCUT2D eigenvalue weighted by Gasteiger charge is 2.30. The Labute approximate surface area is 233 Å². The van der Waals surface area contributed by atoms with Crippen LogP contribution in [0, 0.1) is 12.7 Å². The molecule has 0 radical (unpaired) electrons. The molecular formula is C27H27FN8O3S. The van der Waals surface area contributed by atoms with Crippen LogP contribution in [-0.2, 0) is 22.6 Å². The normalized spacial score (nSPS) is 15.3. The molecule has 206 valence electrons. The first-order valence-electron chi connectivity index (χ1n) is 12.3. The summed E-state index contributed by atoms with van der Waals surface area (Å²) in [5, 5.41) is 9.53. The fraction of sp³-hybridized carbons (Fsp3) is 0.259. The number of likely N-dealkylation sites (N-methyl/N-ethyl adjacent to an activating group) is 1. The Morgan fingerprint density at radius 3 is 2.90 bits per heavy atom. The first kappa shape index (κ1) is 26.9. The number of fused-ring (bicyclic) bond motifs is 1. The van der Waals surface area contributed by atoms with Gasteiger partial charge in [-0.3, -0.25) is 4.79 Å². The summed E-state index contributed by atoms with van der Waals surface area (Å²) in [6.07, 6.45) is 0.416. The van der Waals surface area contributed by atoms with Crippen LogP contribution in [-0.4, -0.2) is 57.3 Å². The number of oxime groups is 1. The number of anilines is 1. The molecule has 0 spiro atoms. The number of halogens is 1. The number of aromatic nitrogens is 4. The third-order valence-electron chi connectivity index (χ3n) is 6.38. The predicted octanol–water partition coefficient (Wildman–Crippen LogP) is 3.26. The number of benzene rings is 1. The van der Waals surface area contributed by atoms with Gasteiger partial charge in [0.2, 0.25) is 11.8 Å². The Balaban J connectivity index is 1.45. The fourth-order valence-electron chi connectivity index (χ4n) is 4.49. The number of nitrogen functional groups attached to an aromatic ring is 1. The number of amides is 1. The van der Waals surface area contributed by atoms with Crippen LogP contribution in [0.25, 0.3) is 11.3 Å². The lowest BCUT2D eigenvalue weighted by Crippen LogP contribution is -2.38. The lowest BCUT2D eigenvalue weighted by Gasteiger charge is -2.29. The van der Waals surface area contributed by atoms with Crippen LogP contribution in [0.15, 0.2) is 52.4 Å². The average molecular weight is 563 g/mol. The second-order valence-electron chi connectivity index (χ2n) is 9.13. The van der Waals surface area contributed by atoms with Gasteiger partial charge in [-0.15, -0.1) is 11.3 Å². The van der Waals surface area contributed by atoms with E-state index < -0.39 is 11.9 Å². The highest BCUT2D eigenvalue weighted by molar-refractivity contribution is 7.07. The van der Waals surface area contributed by atoms with Gasteiger partial charge < -0.3 is 25.5 Å². The number of nitrogens with zero attached hydrogens (tertiary/aromatic N) is 6. The Hall–Kier alpha value is -4.65. The van der Waals surface area contributed by atoms with Gasteiger partial charge in [-0.2, -0.15) is 0 Å². The van der Waals surface area contributed by atoms with Crippen LogP contribution >= 0.6 is 11.3 Å². The summed E-state index contributed by atoms with van der Waals surface area (Å²) < 4.78 is 19.7. The zero-order valence-corrected chi connectivity index (χ0v) is 22.9. The number of nitrogens with one attached hydrogen (secondary N) is 1. The number of carbonyl (C=O) groups is 1. The van der Waals surface area contributed by atoms with Crippen LogP contribution in [0.1, 0.15) is 34.3 Å². The number of aryl methyl sites for hydroxylation is 1. The van der Waals surface area contributed by atoms with Crippen LogP contribution in [0.2, 0.25) is 0 Å². The van der Waals surface area contributed by atoms with Crippen LogP contribution in [0.5, 0.6) is 5.88 Å². The van der Waals surface area contributed by atoms with Gasteiger partial charge >= 0.3 is 0 Å². The quantitative estimate of drug-likeness (QED) is 0.310. The van der Waals surface area contributed by atoms with Gasteiger partial charge in [0.15, 0.2) is 12.4 Å². The average Bonchev–Trinajstić information content (AvgIpc) is 3.45. The third kappa shape index (κ3) is 5.83. The van der Waals surface area contributed by atoms with Crippen molar-refractivity contribution in [3.8, 4) is 17.1 Å². The Morgan fingerprint density at radius 2 is 2.12 bits per heavy atom. The molecule has 3 N–H and O–H groups in total. The van der Waals surface area contributed by atoms with Crippen LogP contribution in [0.4, 0.5) is 10.3 Å². The molecule has 0 saturated heterocycles. The number of ether oxygens (including phenoxy) is 1. The Kier molecular flexibility index (Phi) is 7.82. The molecule has 13 heteroatoms. The number of nitrogens with two attached hydrogens (primary N) is 1. The van der Waals surface area contributed by atoms with E-state index >= 15 is 0 Å². The van der Waals surface area contributed by atoms with Gasteiger partial charge in [0.25, 0.3) is 5.91 Å². The Bertz CT molecular complexity index is 1560.